The molecule has 0 saturated heterocycles. The number of nitrogens with two attached hydrogens (primary N) is 1. The van der Waals surface area contributed by atoms with Gasteiger partial charge >= 0.3 is 0 Å². The van der Waals surface area contributed by atoms with Gasteiger partial charge in [0, 0.05) is 12.6 Å². The van der Waals surface area contributed by atoms with Crippen LogP contribution in [0.25, 0.3) is 0 Å². The summed E-state index contributed by atoms with van der Waals surface area (Å²) in [7, 11) is 2.09. The molecule has 0 aliphatic heterocycles. The van der Waals surface area contributed by atoms with Gasteiger partial charge in [0.25, 0.3) is 0 Å². The summed E-state index contributed by atoms with van der Waals surface area (Å²) in [6, 6.07) is 0.278. The highest BCUT2D eigenvalue weighted by molar-refractivity contribution is 4.79. The normalized spacial score (nSPS) is 14.6. The van der Waals surface area contributed by atoms with Crippen LogP contribution in [0, 0.1) is 5.41 Å². The van der Waals surface area contributed by atoms with Gasteiger partial charge in [-0.25, -0.2) is 0 Å². The lowest BCUT2D eigenvalue weighted by molar-refractivity contribution is 0.265. The van der Waals surface area contributed by atoms with Gasteiger partial charge in [-0.05, 0) is 25.4 Å². The van der Waals surface area contributed by atoms with Gasteiger partial charge in [0.2, 0.25) is 0 Å². The van der Waals surface area contributed by atoms with Crippen LogP contribution < -0.4 is 5.73 Å². The summed E-state index contributed by atoms with van der Waals surface area (Å²) >= 11 is 0. The van der Waals surface area contributed by atoms with Crippen LogP contribution in [0.5, 0.6) is 0 Å². The van der Waals surface area contributed by atoms with E-state index < -0.39 is 0 Å². The van der Waals surface area contributed by atoms with Gasteiger partial charge in [-0.15, -0.1) is 6.58 Å². The summed E-state index contributed by atoms with van der Waals surface area (Å²) in [5.41, 5.74) is 6.26. The smallest absolute Gasteiger partial charge is 0.0157 e. The predicted octanol–water partition coefficient (Wildman–Crippen LogP) is 1.87. The second kappa shape index (κ2) is 5.40. The molecule has 0 aromatic rings. The number of nitrogens with zero attached hydrogens (tertiary/aromatic N) is 1. The minimum atomic E-state index is 0.217. The number of rotatable bonds is 5. The zero-order chi connectivity index (χ0) is 10.5. The Kier molecular flexibility index (Phi) is 5.26. The molecule has 0 bridgehead atoms. The van der Waals surface area contributed by atoms with Gasteiger partial charge < -0.3 is 10.6 Å². The van der Waals surface area contributed by atoms with E-state index in [1.54, 1.807) is 0 Å². The van der Waals surface area contributed by atoms with Crippen LogP contribution in [0.1, 0.15) is 27.2 Å². The molecule has 2 nitrogen and oxygen atoms in total. The first-order valence-electron chi connectivity index (χ1n) is 4.93. The summed E-state index contributed by atoms with van der Waals surface area (Å²) in [5, 5.41) is 0. The Labute approximate surface area is 82.8 Å². The Hall–Kier alpha value is -0.340. The first kappa shape index (κ1) is 12.7. The van der Waals surface area contributed by atoms with Crippen molar-refractivity contribution in [3.63, 3.8) is 0 Å². The average molecular weight is 184 g/mol. The molecule has 0 saturated carbocycles. The average Bonchev–Trinajstić information content (AvgIpc) is 1.99. The quantitative estimate of drug-likeness (QED) is 0.661. The lowest BCUT2D eigenvalue weighted by atomic mass is 9.85. The number of hydrogen-bond acceptors (Lipinski definition) is 2. The zero-order valence-electron chi connectivity index (χ0n) is 9.51. The van der Waals surface area contributed by atoms with Crippen molar-refractivity contribution in [3.05, 3.63) is 12.7 Å². The van der Waals surface area contributed by atoms with Crippen LogP contribution in [-0.2, 0) is 0 Å². The fourth-order valence-corrected chi connectivity index (χ4v) is 1.10. The third kappa shape index (κ3) is 5.83. The summed E-state index contributed by atoms with van der Waals surface area (Å²) in [6.07, 6.45) is 2.97. The second-order valence-corrected chi connectivity index (χ2v) is 4.81. The molecular weight excluding hydrogens is 160 g/mol. The molecule has 0 fully saturated rings. The van der Waals surface area contributed by atoms with Gasteiger partial charge in [-0.1, -0.05) is 26.8 Å². The largest absolute Gasteiger partial charge is 0.327 e. The van der Waals surface area contributed by atoms with Crippen LogP contribution in [0.15, 0.2) is 12.7 Å². The van der Waals surface area contributed by atoms with E-state index in [0.29, 0.717) is 0 Å². The zero-order valence-corrected chi connectivity index (χ0v) is 9.51. The van der Waals surface area contributed by atoms with Crippen LogP contribution in [0.3, 0.4) is 0 Å². The van der Waals surface area contributed by atoms with Gasteiger partial charge in [-0.3, -0.25) is 0 Å². The summed E-state index contributed by atoms with van der Waals surface area (Å²) in [6.45, 7) is 12.2. The lowest BCUT2D eigenvalue weighted by Gasteiger charge is -2.28. The Bertz CT molecular complexity index is 147. The highest BCUT2D eigenvalue weighted by Crippen LogP contribution is 2.19. The third-order valence-corrected chi connectivity index (χ3v) is 2.37. The van der Waals surface area contributed by atoms with E-state index >= 15 is 0 Å². The van der Waals surface area contributed by atoms with Crippen LogP contribution in [0.2, 0.25) is 0 Å². The molecule has 0 heterocycles. The Morgan fingerprint density at radius 3 is 2.38 bits per heavy atom. The Balaban J connectivity index is 3.69. The maximum atomic E-state index is 6.04. The molecule has 0 aromatic carbocycles. The van der Waals surface area contributed by atoms with E-state index in [-0.39, 0.29) is 11.5 Å². The molecule has 1 unspecified atom stereocenters. The fourth-order valence-electron chi connectivity index (χ4n) is 1.10. The lowest BCUT2D eigenvalue weighted by Crippen LogP contribution is -2.38. The van der Waals surface area contributed by atoms with Crippen molar-refractivity contribution >= 4 is 0 Å². The molecule has 78 valence electrons. The number of hydrogen-bond donors (Lipinski definition) is 1. The summed E-state index contributed by atoms with van der Waals surface area (Å²) in [4.78, 5) is 2.23. The minimum absolute atomic E-state index is 0.217. The molecular formula is C11H24N2. The molecule has 0 radical (unpaired) electrons. The Morgan fingerprint density at radius 2 is 2.00 bits per heavy atom. The fraction of sp³-hybridized carbons (Fsp3) is 0.818. The molecule has 0 aliphatic carbocycles. The topological polar surface area (TPSA) is 29.3 Å². The van der Waals surface area contributed by atoms with E-state index in [9.17, 15) is 0 Å². The molecule has 2 N–H and O–H groups in total. The van der Waals surface area contributed by atoms with E-state index in [0.717, 1.165) is 19.5 Å². The molecule has 0 amide bonds. The van der Waals surface area contributed by atoms with Crippen molar-refractivity contribution in [1.29, 1.82) is 0 Å². The van der Waals surface area contributed by atoms with Crippen LogP contribution >= 0.6 is 0 Å². The third-order valence-electron chi connectivity index (χ3n) is 2.37. The molecule has 0 rings (SSSR count). The van der Waals surface area contributed by atoms with Gasteiger partial charge in [0.1, 0.15) is 0 Å². The minimum Gasteiger partial charge on any atom is -0.327 e. The van der Waals surface area contributed by atoms with Crippen LogP contribution in [-0.4, -0.2) is 31.1 Å². The van der Waals surface area contributed by atoms with E-state index in [1.807, 2.05) is 6.08 Å². The van der Waals surface area contributed by atoms with Gasteiger partial charge in [0.15, 0.2) is 0 Å². The molecule has 0 spiro atoms. The molecule has 0 aliphatic rings. The SMILES string of the molecule is C=CCN(C)CCC(N)C(C)(C)C. The van der Waals surface area contributed by atoms with E-state index in [4.69, 9.17) is 5.73 Å². The van der Waals surface area contributed by atoms with Crippen molar-refractivity contribution in [1.82, 2.24) is 4.90 Å². The highest BCUT2D eigenvalue weighted by Gasteiger charge is 2.20. The highest BCUT2D eigenvalue weighted by atomic mass is 15.1. The second-order valence-electron chi connectivity index (χ2n) is 4.81. The first-order chi connectivity index (χ1) is 5.88. The molecule has 13 heavy (non-hydrogen) atoms. The molecule has 1 atom stereocenters. The van der Waals surface area contributed by atoms with Gasteiger partial charge in [0.05, 0.1) is 0 Å². The maximum absolute atomic E-state index is 6.04. The van der Waals surface area contributed by atoms with Crippen molar-refractivity contribution in [2.24, 2.45) is 11.1 Å². The van der Waals surface area contributed by atoms with Crippen molar-refractivity contribution in [2.75, 3.05) is 20.1 Å². The van der Waals surface area contributed by atoms with E-state index in [1.165, 1.54) is 0 Å². The standard InChI is InChI=1S/C11H24N2/c1-6-8-13(5)9-7-10(12)11(2,3)4/h6,10H,1,7-9,12H2,2-5H3. The van der Waals surface area contributed by atoms with Crippen molar-refractivity contribution in [3.8, 4) is 0 Å². The first-order valence-corrected chi connectivity index (χ1v) is 4.93. The Morgan fingerprint density at radius 1 is 1.46 bits per heavy atom. The monoisotopic (exact) mass is 184 g/mol. The maximum Gasteiger partial charge on any atom is 0.0157 e. The summed E-state index contributed by atoms with van der Waals surface area (Å²) in [5.74, 6) is 0. The molecule has 2 heteroatoms. The van der Waals surface area contributed by atoms with E-state index in [2.05, 4.69) is 39.3 Å². The predicted molar refractivity (Wildman–Crippen MR) is 59.7 cm³/mol. The van der Waals surface area contributed by atoms with Crippen LogP contribution in [0.4, 0.5) is 0 Å². The number of likely N-dealkylation sites (N-methyl/N-ethyl adjacent to an activating group) is 1. The van der Waals surface area contributed by atoms with Crippen molar-refractivity contribution < 1.29 is 0 Å². The van der Waals surface area contributed by atoms with Gasteiger partial charge in [-0.2, -0.15) is 0 Å². The summed E-state index contributed by atoms with van der Waals surface area (Å²) < 4.78 is 0. The molecule has 0 aromatic heterocycles. The van der Waals surface area contributed by atoms with Crippen molar-refractivity contribution in [2.45, 2.75) is 33.2 Å².